The quantitative estimate of drug-likeness (QED) is 0.538. The second kappa shape index (κ2) is 5.01. The van der Waals surface area contributed by atoms with E-state index in [0.717, 1.165) is 5.56 Å². The van der Waals surface area contributed by atoms with Crippen molar-refractivity contribution in [3.05, 3.63) is 40.7 Å². The summed E-state index contributed by atoms with van der Waals surface area (Å²) in [6.45, 7) is 0. The van der Waals surface area contributed by atoms with Crippen LogP contribution in [0.1, 0.15) is 5.56 Å². The summed E-state index contributed by atoms with van der Waals surface area (Å²) in [7, 11) is 0. The molecule has 1 aromatic rings. The summed E-state index contributed by atoms with van der Waals surface area (Å²) >= 11 is 11.0. The Morgan fingerprint density at radius 1 is 1.00 bits per heavy atom. The molecule has 0 aromatic heterocycles. The Bertz CT molecular complexity index is 174. The minimum Gasteiger partial charge on any atom is -0.161 e. The first-order valence-electron chi connectivity index (χ1n) is 2.54. The maximum atomic E-state index is 5.49. The van der Waals surface area contributed by atoms with E-state index in [4.69, 9.17) is 23.2 Å². The fraction of sp³-hybridized carbons (Fsp3) is 0. The second-order valence-electron chi connectivity index (χ2n) is 1.63. The van der Waals surface area contributed by atoms with Gasteiger partial charge in [0, 0.05) is 4.84 Å². The number of benzene rings is 1. The van der Waals surface area contributed by atoms with Crippen LogP contribution in [0.2, 0.25) is 0 Å². The van der Waals surface area contributed by atoms with E-state index in [9.17, 15) is 0 Å². The molecule has 10 heavy (non-hydrogen) atoms. The molecule has 0 aliphatic heterocycles. The van der Waals surface area contributed by atoms with Gasteiger partial charge in [-0.3, -0.25) is 0 Å². The average molecular weight is 261 g/mol. The van der Waals surface area contributed by atoms with Gasteiger partial charge in [0.05, 0.1) is 0 Å². The van der Waals surface area contributed by atoms with Crippen LogP contribution in [-0.2, 0) is 19.5 Å². The van der Waals surface area contributed by atoms with E-state index in [0.29, 0.717) is 4.84 Å². The topological polar surface area (TPSA) is 0 Å². The molecule has 0 unspecified atom stereocenters. The van der Waals surface area contributed by atoms with Gasteiger partial charge in [-0.1, -0.05) is 6.07 Å². The van der Waals surface area contributed by atoms with Crippen LogP contribution >= 0.6 is 23.2 Å². The largest absolute Gasteiger partial charge is 2.00 e. The monoisotopic (exact) mass is 261 g/mol. The van der Waals surface area contributed by atoms with Crippen LogP contribution in [0, 0.1) is 4.84 Å². The van der Waals surface area contributed by atoms with Crippen LogP contribution in [0.25, 0.3) is 0 Å². The molecule has 54 valence electrons. The van der Waals surface area contributed by atoms with Crippen LogP contribution in [0.15, 0.2) is 30.3 Å². The minimum atomic E-state index is 0. The Morgan fingerprint density at radius 3 is 1.80 bits per heavy atom. The predicted octanol–water partition coefficient (Wildman–Crippen LogP) is 3.00. The van der Waals surface area contributed by atoms with Gasteiger partial charge in [-0.05, 0) is 0 Å². The molecule has 0 aliphatic rings. The summed E-state index contributed by atoms with van der Waals surface area (Å²) in [5, 5.41) is 0. The molecular weight excluding hydrogens is 256 g/mol. The van der Waals surface area contributed by atoms with Gasteiger partial charge in [0.2, 0.25) is 0 Å². The van der Waals surface area contributed by atoms with Crippen molar-refractivity contribution >= 4 is 23.2 Å². The van der Waals surface area contributed by atoms with Crippen molar-refractivity contribution in [3.63, 3.8) is 0 Å². The average Bonchev–Trinajstić information content (AvgIpc) is 1.90. The molecular formula is C7H5Cl2Ru+. The first kappa shape index (κ1) is 10.3. The van der Waals surface area contributed by atoms with Crippen LogP contribution in [-0.4, -0.2) is 0 Å². The zero-order valence-corrected chi connectivity index (χ0v) is 8.25. The molecule has 0 spiro atoms. The van der Waals surface area contributed by atoms with E-state index < -0.39 is 0 Å². The van der Waals surface area contributed by atoms with Gasteiger partial charge in [-0.15, -0.1) is 12.1 Å². The van der Waals surface area contributed by atoms with Gasteiger partial charge < -0.3 is 0 Å². The Kier molecular flexibility index (Phi) is 5.16. The first-order valence-corrected chi connectivity index (χ1v) is 3.29. The zero-order chi connectivity index (χ0) is 6.69. The van der Waals surface area contributed by atoms with Gasteiger partial charge in [-0.25, -0.2) is 0 Å². The summed E-state index contributed by atoms with van der Waals surface area (Å²) in [5.41, 5.74) is 0.862. The fourth-order valence-electron chi connectivity index (χ4n) is 0.564. The number of halogens is 2. The van der Waals surface area contributed by atoms with E-state index in [1.807, 2.05) is 30.3 Å². The van der Waals surface area contributed by atoms with E-state index >= 15 is 0 Å². The molecule has 0 aliphatic carbocycles. The van der Waals surface area contributed by atoms with Crippen LogP contribution in [0.5, 0.6) is 0 Å². The van der Waals surface area contributed by atoms with Crippen molar-refractivity contribution in [1.82, 2.24) is 0 Å². The molecule has 0 nitrogen and oxygen atoms in total. The summed E-state index contributed by atoms with van der Waals surface area (Å²) in [5.74, 6) is 0. The molecule has 0 heterocycles. The Balaban J connectivity index is 0.000000810. The zero-order valence-electron chi connectivity index (χ0n) is 5.00. The third-order valence-electron chi connectivity index (χ3n) is 0.992. The summed E-state index contributed by atoms with van der Waals surface area (Å²) in [6, 6.07) is 9.41. The van der Waals surface area contributed by atoms with Crippen LogP contribution in [0.4, 0.5) is 0 Å². The molecule has 0 saturated heterocycles. The molecule has 1 aromatic carbocycles. The van der Waals surface area contributed by atoms with Crippen molar-refractivity contribution in [2.24, 2.45) is 0 Å². The molecule has 0 amide bonds. The predicted molar refractivity (Wildman–Crippen MR) is 40.5 cm³/mol. The SMILES string of the molecule is Cl[C-](Cl)c1ccccc1.[Ru+2]. The molecule has 0 bridgehead atoms. The number of rotatable bonds is 1. The van der Waals surface area contributed by atoms with Gasteiger partial charge in [0.15, 0.2) is 0 Å². The Hall–Kier alpha value is 0.293. The van der Waals surface area contributed by atoms with E-state index in [-0.39, 0.29) is 19.5 Å². The summed E-state index contributed by atoms with van der Waals surface area (Å²) < 4.78 is 0. The maximum Gasteiger partial charge on any atom is 2.00 e. The van der Waals surface area contributed by atoms with Gasteiger partial charge in [0.1, 0.15) is 0 Å². The Labute approximate surface area is 83.3 Å². The van der Waals surface area contributed by atoms with Gasteiger partial charge in [-0.2, -0.15) is 40.9 Å². The Morgan fingerprint density at radius 2 is 1.50 bits per heavy atom. The van der Waals surface area contributed by atoms with Gasteiger partial charge >= 0.3 is 19.5 Å². The molecule has 0 N–H and O–H groups in total. The van der Waals surface area contributed by atoms with Crippen LogP contribution < -0.4 is 0 Å². The smallest absolute Gasteiger partial charge is 0.161 e. The van der Waals surface area contributed by atoms with E-state index in [1.54, 1.807) is 0 Å². The third-order valence-corrected chi connectivity index (χ3v) is 1.43. The summed E-state index contributed by atoms with van der Waals surface area (Å²) in [6.07, 6.45) is 0. The molecule has 0 fully saturated rings. The third kappa shape index (κ3) is 2.92. The molecule has 0 atom stereocenters. The standard InChI is InChI=1S/C7H5Cl2.Ru/c8-7(9)6-4-2-1-3-5-6;/h1-5H;/q-1;+2. The minimum absolute atomic E-state index is 0. The number of hydrogen-bond donors (Lipinski definition) is 0. The molecule has 1 rings (SSSR count). The first-order chi connectivity index (χ1) is 4.30. The second-order valence-corrected chi connectivity index (χ2v) is 2.58. The van der Waals surface area contributed by atoms with Crippen molar-refractivity contribution in [2.75, 3.05) is 0 Å². The fourth-order valence-corrected chi connectivity index (χ4v) is 0.816. The van der Waals surface area contributed by atoms with Crippen molar-refractivity contribution in [1.29, 1.82) is 0 Å². The molecule has 0 saturated carbocycles. The van der Waals surface area contributed by atoms with Crippen molar-refractivity contribution in [3.8, 4) is 0 Å². The van der Waals surface area contributed by atoms with E-state index in [2.05, 4.69) is 0 Å². The van der Waals surface area contributed by atoms with E-state index in [1.165, 1.54) is 0 Å². The van der Waals surface area contributed by atoms with Crippen molar-refractivity contribution < 1.29 is 19.5 Å². The normalized spacial score (nSPS) is 8.20. The number of hydrogen-bond acceptors (Lipinski definition) is 0. The van der Waals surface area contributed by atoms with Crippen molar-refractivity contribution in [2.45, 2.75) is 0 Å². The molecule has 3 heteroatoms. The van der Waals surface area contributed by atoms with Gasteiger partial charge in [0.25, 0.3) is 0 Å². The summed E-state index contributed by atoms with van der Waals surface area (Å²) in [4.78, 5) is 0.315. The van der Waals surface area contributed by atoms with Crippen LogP contribution in [0.3, 0.4) is 0 Å². The molecule has 0 radical (unpaired) electrons. The maximum absolute atomic E-state index is 5.49.